The maximum absolute atomic E-state index is 13.9. The van der Waals surface area contributed by atoms with Crippen LogP contribution >= 0.6 is 0 Å². The highest BCUT2D eigenvalue weighted by molar-refractivity contribution is 7.85. The summed E-state index contributed by atoms with van der Waals surface area (Å²) in [6.07, 6.45) is 0.150. The molecule has 0 aliphatic rings. The molecule has 0 fully saturated rings. The molecule has 0 amide bonds. The fourth-order valence-electron chi connectivity index (χ4n) is 3.38. The van der Waals surface area contributed by atoms with Crippen LogP contribution < -0.4 is 0 Å². The van der Waals surface area contributed by atoms with Gasteiger partial charge in [0.05, 0.1) is 11.5 Å². The predicted octanol–water partition coefficient (Wildman–Crippen LogP) is 3.49. The zero-order valence-corrected chi connectivity index (χ0v) is 16.3. The van der Waals surface area contributed by atoms with Crippen LogP contribution in [0.2, 0.25) is 0 Å². The Kier molecular flexibility index (Phi) is 5.53. The van der Waals surface area contributed by atoms with E-state index in [4.69, 9.17) is 4.74 Å². The average Bonchev–Trinajstić information content (AvgIpc) is 2.87. The highest BCUT2D eigenvalue weighted by Crippen LogP contribution is 2.30. The first-order valence-electron chi connectivity index (χ1n) is 8.70. The number of benzene rings is 2. The van der Waals surface area contributed by atoms with Gasteiger partial charge in [0.25, 0.3) is 10.1 Å². The lowest BCUT2D eigenvalue weighted by atomic mass is 10.0. The number of nitrogens with zero attached hydrogens (tertiary/aromatic N) is 1. The van der Waals surface area contributed by atoms with Crippen molar-refractivity contribution in [3.63, 3.8) is 0 Å². The van der Waals surface area contributed by atoms with Gasteiger partial charge in [-0.3, -0.25) is 9.35 Å². The lowest BCUT2D eigenvalue weighted by molar-refractivity contribution is -0.143. The molecule has 2 aromatic carbocycles. The molecule has 0 unspecified atom stereocenters. The van der Waals surface area contributed by atoms with Crippen molar-refractivity contribution in [2.75, 3.05) is 6.61 Å². The highest BCUT2D eigenvalue weighted by Gasteiger charge is 2.21. The van der Waals surface area contributed by atoms with E-state index in [1.54, 1.807) is 36.6 Å². The quantitative estimate of drug-likeness (QED) is 0.501. The van der Waals surface area contributed by atoms with Crippen LogP contribution in [0.15, 0.2) is 47.4 Å². The summed E-state index contributed by atoms with van der Waals surface area (Å²) in [5, 5.41) is 0.576. The highest BCUT2D eigenvalue weighted by atomic mass is 32.2. The van der Waals surface area contributed by atoms with Crippen LogP contribution in [0.5, 0.6) is 0 Å². The first-order chi connectivity index (χ1) is 13.2. The third kappa shape index (κ3) is 3.93. The van der Waals surface area contributed by atoms with E-state index in [1.807, 2.05) is 0 Å². The van der Waals surface area contributed by atoms with Gasteiger partial charge in [0.1, 0.15) is 12.4 Å². The monoisotopic (exact) mass is 405 g/mol. The lowest BCUT2D eigenvalue weighted by Crippen LogP contribution is -2.14. The largest absolute Gasteiger partial charge is 0.465 e. The molecule has 0 aliphatic carbocycles. The van der Waals surface area contributed by atoms with E-state index < -0.39 is 21.9 Å². The van der Waals surface area contributed by atoms with Gasteiger partial charge in [-0.1, -0.05) is 18.2 Å². The summed E-state index contributed by atoms with van der Waals surface area (Å²) in [5.41, 5.74) is 2.40. The molecule has 0 saturated carbocycles. The Morgan fingerprint density at radius 1 is 1.21 bits per heavy atom. The van der Waals surface area contributed by atoms with Crippen LogP contribution in [-0.2, 0) is 32.6 Å². The fourth-order valence-corrected chi connectivity index (χ4v) is 4.10. The Hall–Kier alpha value is -2.71. The molecule has 0 spiro atoms. The number of hydrogen-bond donors (Lipinski definition) is 1. The summed E-state index contributed by atoms with van der Waals surface area (Å²) in [6.45, 7) is 3.70. The molecule has 1 heterocycles. The van der Waals surface area contributed by atoms with Crippen LogP contribution in [0.1, 0.15) is 23.7 Å². The second-order valence-electron chi connectivity index (χ2n) is 6.38. The minimum absolute atomic E-state index is 0.0399. The Bertz CT molecular complexity index is 1150. The van der Waals surface area contributed by atoms with Crippen molar-refractivity contribution < 1.29 is 26.9 Å². The SMILES string of the molecule is CCOC(=O)Cn1c(C)c(Cc2ccccc2S(=O)(=O)O)c2cc(F)ccc21. The first kappa shape index (κ1) is 20.0. The average molecular weight is 405 g/mol. The molecule has 3 aromatic rings. The van der Waals surface area contributed by atoms with Crippen molar-refractivity contribution in [2.45, 2.75) is 31.7 Å². The zero-order chi connectivity index (χ0) is 20.5. The summed E-state index contributed by atoms with van der Waals surface area (Å²) in [7, 11) is -4.40. The Balaban J connectivity index is 2.16. The van der Waals surface area contributed by atoms with E-state index >= 15 is 0 Å². The first-order valence-corrected chi connectivity index (χ1v) is 10.1. The van der Waals surface area contributed by atoms with Crippen LogP contribution in [0.4, 0.5) is 4.39 Å². The van der Waals surface area contributed by atoms with Gasteiger partial charge in [0, 0.05) is 23.0 Å². The van der Waals surface area contributed by atoms with Gasteiger partial charge in [0.15, 0.2) is 0 Å². The second-order valence-corrected chi connectivity index (χ2v) is 7.77. The van der Waals surface area contributed by atoms with E-state index in [0.717, 1.165) is 0 Å². The predicted molar refractivity (Wildman–Crippen MR) is 102 cm³/mol. The van der Waals surface area contributed by atoms with Crippen molar-refractivity contribution in [3.8, 4) is 0 Å². The Morgan fingerprint density at radius 3 is 2.61 bits per heavy atom. The molecule has 0 atom stereocenters. The molecular weight excluding hydrogens is 385 g/mol. The van der Waals surface area contributed by atoms with Crippen molar-refractivity contribution >= 4 is 27.0 Å². The number of carbonyl (C=O) groups is 1. The molecule has 1 N–H and O–H groups in total. The van der Waals surface area contributed by atoms with E-state index in [-0.39, 0.29) is 24.5 Å². The number of carbonyl (C=O) groups excluding carboxylic acids is 1. The van der Waals surface area contributed by atoms with Crippen molar-refractivity contribution in [1.29, 1.82) is 0 Å². The number of hydrogen-bond acceptors (Lipinski definition) is 4. The summed E-state index contributed by atoms with van der Waals surface area (Å²) in [5.74, 6) is -0.859. The molecule has 6 nitrogen and oxygen atoms in total. The van der Waals surface area contributed by atoms with E-state index in [2.05, 4.69) is 0 Å². The van der Waals surface area contributed by atoms with Crippen LogP contribution in [0, 0.1) is 12.7 Å². The third-order valence-electron chi connectivity index (χ3n) is 4.63. The number of fused-ring (bicyclic) bond motifs is 1. The standard InChI is InChI=1S/C20H20FNO5S/c1-3-27-20(23)12-22-13(2)16(17-11-15(21)8-9-18(17)22)10-14-6-4-5-7-19(14)28(24,25)26/h4-9,11H,3,10,12H2,1-2H3,(H,24,25,26). The van der Waals surface area contributed by atoms with Gasteiger partial charge < -0.3 is 9.30 Å². The van der Waals surface area contributed by atoms with Crippen molar-refractivity contribution in [3.05, 3.63) is 65.1 Å². The van der Waals surface area contributed by atoms with Crippen LogP contribution in [0.25, 0.3) is 10.9 Å². The Labute approximate surface area is 162 Å². The van der Waals surface area contributed by atoms with Crippen molar-refractivity contribution in [2.24, 2.45) is 0 Å². The number of aromatic nitrogens is 1. The van der Waals surface area contributed by atoms with E-state index in [9.17, 15) is 22.2 Å². The summed E-state index contributed by atoms with van der Waals surface area (Å²) < 4.78 is 53.6. The number of ether oxygens (including phenoxy) is 1. The van der Waals surface area contributed by atoms with Crippen LogP contribution in [0.3, 0.4) is 0 Å². The zero-order valence-electron chi connectivity index (χ0n) is 15.5. The lowest BCUT2D eigenvalue weighted by Gasteiger charge is -2.09. The number of rotatable bonds is 6. The summed E-state index contributed by atoms with van der Waals surface area (Å²) in [4.78, 5) is 11.8. The minimum Gasteiger partial charge on any atom is -0.465 e. The van der Waals surface area contributed by atoms with Gasteiger partial charge in [-0.2, -0.15) is 8.42 Å². The smallest absolute Gasteiger partial charge is 0.325 e. The molecule has 28 heavy (non-hydrogen) atoms. The summed E-state index contributed by atoms with van der Waals surface area (Å²) in [6, 6.07) is 10.3. The number of halogens is 1. The molecule has 0 saturated heterocycles. The topological polar surface area (TPSA) is 85.6 Å². The fraction of sp³-hybridized carbons (Fsp3) is 0.250. The second kappa shape index (κ2) is 7.73. The van der Waals surface area contributed by atoms with Gasteiger partial charge in [0.2, 0.25) is 0 Å². The molecule has 1 aromatic heterocycles. The molecule has 148 valence electrons. The van der Waals surface area contributed by atoms with Gasteiger partial charge >= 0.3 is 5.97 Å². The number of esters is 1. The van der Waals surface area contributed by atoms with Crippen molar-refractivity contribution in [1.82, 2.24) is 4.57 Å². The van der Waals surface area contributed by atoms with Gasteiger partial charge in [-0.05, 0) is 49.2 Å². The minimum atomic E-state index is -4.40. The van der Waals surface area contributed by atoms with Gasteiger partial charge in [-0.15, -0.1) is 0 Å². The van der Waals surface area contributed by atoms with E-state index in [0.29, 0.717) is 27.7 Å². The maximum atomic E-state index is 13.9. The molecule has 0 bridgehead atoms. The van der Waals surface area contributed by atoms with Crippen LogP contribution in [-0.4, -0.2) is 30.1 Å². The molecule has 3 rings (SSSR count). The third-order valence-corrected chi connectivity index (χ3v) is 5.58. The Morgan fingerprint density at radius 2 is 1.93 bits per heavy atom. The van der Waals surface area contributed by atoms with Gasteiger partial charge in [-0.25, -0.2) is 4.39 Å². The molecule has 0 radical (unpaired) electrons. The normalized spacial score (nSPS) is 11.7. The molecule has 8 heteroatoms. The van der Waals surface area contributed by atoms with E-state index in [1.165, 1.54) is 24.3 Å². The molecule has 0 aliphatic heterocycles. The molecular formula is C20H20FNO5S. The maximum Gasteiger partial charge on any atom is 0.325 e. The summed E-state index contributed by atoms with van der Waals surface area (Å²) >= 11 is 0.